The Morgan fingerprint density at radius 3 is 2.44 bits per heavy atom. The second kappa shape index (κ2) is 7.59. The zero-order valence-electron chi connectivity index (χ0n) is 14.7. The van der Waals surface area contributed by atoms with E-state index >= 15 is 0 Å². The molecule has 0 spiro atoms. The lowest BCUT2D eigenvalue weighted by Crippen LogP contribution is -2.26. The maximum atomic E-state index is 12.6. The molecule has 0 aliphatic rings. The smallest absolute Gasteiger partial charge is 0.359 e. The molecule has 3 aromatic rings. The van der Waals surface area contributed by atoms with E-state index in [0.717, 1.165) is 11.4 Å². The summed E-state index contributed by atoms with van der Waals surface area (Å²) in [5, 5.41) is 4.43. The predicted octanol–water partition coefficient (Wildman–Crippen LogP) is 2.92. The summed E-state index contributed by atoms with van der Waals surface area (Å²) in [6.07, 6.45) is -1.24. The number of esters is 1. The highest BCUT2D eigenvalue weighted by atomic mass is 35.5. The third-order valence-corrected chi connectivity index (χ3v) is 4.14. The highest BCUT2D eigenvalue weighted by molar-refractivity contribution is 6.33. The number of nitrogens with zero attached hydrogens (tertiary/aromatic N) is 3. The number of hydrogen-bond donors (Lipinski definition) is 1. The lowest BCUT2D eigenvalue weighted by Gasteiger charge is -2.15. The van der Waals surface area contributed by atoms with E-state index in [1.165, 1.54) is 6.07 Å². The molecule has 1 aromatic carbocycles. The van der Waals surface area contributed by atoms with Crippen molar-refractivity contribution in [3.63, 3.8) is 0 Å². The van der Waals surface area contributed by atoms with Crippen molar-refractivity contribution in [2.24, 2.45) is 5.73 Å². The van der Waals surface area contributed by atoms with Crippen LogP contribution in [0.3, 0.4) is 0 Å². The summed E-state index contributed by atoms with van der Waals surface area (Å²) in [6, 6.07) is 13.5. The number of nitrogens with two attached hydrogens (primary N) is 1. The molecule has 3 rings (SSSR count). The maximum absolute atomic E-state index is 12.6. The number of aryl methyl sites for hydroxylation is 2. The molecule has 0 aliphatic carbocycles. The number of aromatic nitrogens is 3. The normalized spacial score (nSPS) is 11.8. The van der Waals surface area contributed by atoms with E-state index in [9.17, 15) is 9.59 Å². The van der Waals surface area contributed by atoms with Crippen LogP contribution in [0.25, 0.3) is 5.82 Å². The maximum Gasteiger partial charge on any atom is 0.359 e. The average molecular weight is 385 g/mol. The fourth-order valence-corrected chi connectivity index (χ4v) is 2.82. The summed E-state index contributed by atoms with van der Waals surface area (Å²) in [4.78, 5) is 28.7. The lowest BCUT2D eigenvalue weighted by molar-refractivity contribution is -0.127. The summed E-state index contributed by atoms with van der Waals surface area (Å²) in [5.41, 5.74) is 7.39. The molecule has 0 bridgehead atoms. The van der Waals surface area contributed by atoms with Gasteiger partial charge in [-0.1, -0.05) is 41.9 Å². The molecule has 1 amide bonds. The number of rotatable bonds is 5. The number of ether oxygens (including phenoxy) is 1. The minimum atomic E-state index is -1.24. The van der Waals surface area contributed by atoms with E-state index in [0.29, 0.717) is 11.4 Å². The highest BCUT2D eigenvalue weighted by Gasteiger charge is 2.25. The van der Waals surface area contributed by atoms with Gasteiger partial charge in [0.05, 0.1) is 10.7 Å². The SMILES string of the molecule is Cc1cc(C)n(-c2ccc(Cl)c(C(=O)OC(C(N)=O)c3ccccc3)n2)n1. The Morgan fingerprint density at radius 1 is 1.15 bits per heavy atom. The third kappa shape index (κ3) is 3.98. The van der Waals surface area contributed by atoms with Gasteiger partial charge in [-0.25, -0.2) is 14.5 Å². The molecule has 1 unspecified atom stereocenters. The van der Waals surface area contributed by atoms with Crippen molar-refractivity contribution in [3.05, 3.63) is 76.2 Å². The Balaban J connectivity index is 1.93. The standard InChI is InChI=1S/C19H17ClN4O3/c1-11-10-12(2)24(23-11)15-9-8-14(20)16(22-15)19(26)27-17(18(21)25)13-6-4-3-5-7-13/h3-10,17H,1-2H3,(H2,21,25). The molecule has 8 heteroatoms. The van der Waals surface area contributed by atoms with Crippen LogP contribution in [0.4, 0.5) is 0 Å². The first kappa shape index (κ1) is 18.6. The minimum absolute atomic E-state index is 0.0987. The largest absolute Gasteiger partial charge is 0.443 e. The number of primary amides is 1. The van der Waals surface area contributed by atoms with Gasteiger partial charge in [-0.15, -0.1) is 0 Å². The predicted molar refractivity (Wildman–Crippen MR) is 99.6 cm³/mol. The summed E-state index contributed by atoms with van der Waals surface area (Å²) in [5.74, 6) is -1.23. The van der Waals surface area contributed by atoms with Crippen LogP contribution in [0.5, 0.6) is 0 Å². The van der Waals surface area contributed by atoms with Crippen molar-refractivity contribution in [3.8, 4) is 5.82 Å². The molecule has 2 aromatic heterocycles. The first-order valence-electron chi connectivity index (χ1n) is 8.12. The molecule has 0 saturated heterocycles. The zero-order chi connectivity index (χ0) is 19.6. The van der Waals surface area contributed by atoms with E-state index in [2.05, 4.69) is 10.1 Å². The second-order valence-corrected chi connectivity index (χ2v) is 6.34. The molecule has 0 aliphatic heterocycles. The molecule has 7 nitrogen and oxygen atoms in total. The topological polar surface area (TPSA) is 100 Å². The first-order valence-corrected chi connectivity index (χ1v) is 8.50. The number of benzene rings is 1. The van der Waals surface area contributed by atoms with Crippen LogP contribution in [-0.4, -0.2) is 26.6 Å². The van der Waals surface area contributed by atoms with E-state index in [4.69, 9.17) is 22.1 Å². The van der Waals surface area contributed by atoms with Crippen LogP contribution in [0.2, 0.25) is 5.02 Å². The van der Waals surface area contributed by atoms with Gasteiger partial charge < -0.3 is 10.5 Å². The molecular formula is C19H17ClN4O3. The van der Waals surface area contributed by atoms with Gasteiger partial charge in [0.25, 0.3) is 5.91 Å². The van der Waals surface area contributed by atoms with E-state index in [1.807, 2.05) is 19.9 Å². The third-order valence-electron chi connectivity index (χ3n) is 3.84. The molecule has 27 heavy (non-hydrogen) atoms. The van der Waals surface area contributed by atoms with Gasteiger partial charge >= 0.3 is 5.97 Å². The number of carbonyl (C=O) groups excluding carboxylic acids is 2. The molecular weight excluding hydrogens is 368 g/mol. The van der Waals surface area contributed by atoms with Crippen molar-refractivity contribution in [2.75, 3.05) is 0 Å². The number of hydrogen-bond acceptors (Lipinski definition) is 5. The number of amides is 1. The van der Waals surface area contributed by atoms with Crippen LogP contribution in [-0.2, 0) is 9.53 Å². The van der Waals surface area contributed by atoms with E-state index in [1.54, 1.807) is 41.1 Å². The molecule has 0 saturated carbocycles. The number of carbonyl (C=O) groups is 2. The first-order chi connectivity index (χ1) is 12.9. The number of pyridine rings is 1. The van der Waals surface area contributed by atoms with Crippen molar-refractivity contribution in [1.29, 1.82) is 0 Å². The van der Waals surface area contributed by atoms with Gasteiger partial charge in [0.1, 0.15) is 0 Å². The molecule has 0 fully saturated rings. The Bertz CT molecular complexity index is 1000. The Kier molecular flexibility index (Phi) is 5.23. The van der Waals surface area contributed by atoms with Crippen LogP contribution in [0.15, 0.2) is 48.5 Å². The molecule has 0 radical (unpaired) electrons. The van der Waals surface area contributed by atoms with Crippen LogP contribution in [0.1, 0.15) is 33.5 Å². The average Bonchev–Trinajstić information content (AvgIpc) is 2.98. The van der Waals surface area contributed by atoms with Gasteiger partial charge in [-0.05, 0) is 32.0 Å². The Labute approximate surface area is 160 Å². The Morgan fingerprint density at radius 2 is 1.85 bits per heavy atom. The van der Waals surface area contributed by atoms with E-state index in [-0.39, 0.29) is 10.7 Å². The fourth-order valence-electron chi connectivity index (χ4n) is 2.63. The summed E-state index contributed by atoms with van der Waals surface area (Å²) in [7, 11) is 0. The fraction of sp³-hybridized carbons (Fsp3) is 0.158. The lowest BCUT2D eigenvalue weighted by atomic mass is 10.1. The molecule has 2 N–H and O–H groups in total. The van der Waals surface area contributed by atoms with Gasteiger partial charge in [0.15, 0.2) is 11.5 Å². The van der Waals surface area contributed by atoms with Gasteiger partial charge in [0.2, 0.25) is 6.10 Å². The van der Waals surface area contributed by atoms with E-state index < -0.39 is 18.0 Å². The zero-order valence-corrected chi connectivity index (χ0v) is 15.5. The quantitative estimate of drug-likeness (QED) is 0.681. The molecule has 138 valence electrons. The van der Waals surface area contributed by atoms with Crippen molar-refractivity contribution < 1.29 is 14.3 Å². The van der Waals surface area contributed by atoms with Gasteiger partial charge in [-0.2, -0.15) is 5.10 Å². The van der Waals surface area contributed by atoms with Gasteiger partial charge in [0, 0.05) is 11.3 Å². The number of halogens is 1. The second-order valence-electron chi connectivity index (χ2n) is 5.94. The van der Waals surface area contributed by atoms with Crippen LogP contribution in [0, 0.1) is 13.8 Å². The summed E-state index contributed by atoms with van der Waals surface area (Å²) >= 11 is 6.12. The Hall–Kier alpha value is -3.19. The van der Waals surface area contributed by atoms with Crippen LogP contribution < -0.4 is 5.73 Å². The summed E-state index contributed by atoms with van der Waals surface area (Å²) in [6.45, 7) is 3.72. The molecule has 1 atom stereocenters. The van der Waals surface area contributed by atoms with Crippen LogP contribution >= 0.6 is 11.6 Å². The highest BCUT2D eigenvalue weighted by Crippen LogP contribution is 2.23. The van der Waals surface area contributed by atoms with Crippen molar-refractivity contribution in [1.82, 2.24) is 14.8 Å². The van der Waals surface area contributed by atoms with Crippen molar-refractivity contribution >= 4 is 23.5 Å². The molecule has 2 heterocycles. The summed E-state index contributed by atoms with van der Waals surface area (Å²) < 4.78 is 6.89. The minimum Gasteiger partial charge on any atom is -0.443 e. The van der Waals surface area contributed by atoms with Crippen molar-refractivity contribution in [2.45, 2.75) is 20.0 Å². The van der Waals surface area contributed by atoms with Gasteiger partial charge in [-0.3, -0.25) is 4.79 Å². The monoisotopic (exact) mass is 384 g/mol.